The first-order valence-electron chi connectivity index (χ1n) is 9.83. The average Bonchev–Trinajstić information content (AvgIpc) is 2.96. The molecule has 0 N–H and O–H groups in total. The Kier molecular flexibility index (Phi) is 8.35. The molecule has 0 unspecified atom stereocenters. The number of carbonyl (C=O) groups excluding carboxylic acids is 1. The first-order chi connectivity index (χ1) is 14.7. The minimum Gasteiger partial charge on any atom is -0.486 e. The first kappa shape index (κ1) is 24.4. The van der Waals surface area contributed by atoms with E-state index in [1.54, 1.807) is 23.1 Å². The maximum atomic E-state index is 12.9. The van der Waals surface area contributed by atoms with Crippen LogP contribution < -0.4 is 4.74 Å². The van der Waals surface area contributed by atoms with Gasteiger partial charge in [-0.2, -0.15) is 0 Å². The van der Waals surface area contributed by atoms with Gasteiger partial charge in [0.15, 0.2) is 10.9 Å². The number of amides is 1. The Hall–Kier alpha value is -1.22. The minimum atomic E-state index is -0.0642. The zero-order chi connectivity index (χ0) is 22.7. The maximum absolute atomic E-state index is 12.9. The van der Waals surface area contributed by atoms with Crippen LogP contribution in [0.2, 0.25) is 10.0 Å². The SMILES string of the molecule is CC(C)N=C1S/C(=C/c2cc(Cl)c(OCc3ccc(I)cc3)c(Cl)c2)C(=O)N1C(C)C. The number of amidine groups is 1. The topological polar surface area (TPSA) is 41.9 Å². The second-order valence-electron chi connectivity index (χ2n) is 7.61. The monoisotopic (exact) mass is 588 g/mol. The standard InChI is InChI=1S/C23H23Cl2IN2O2S/c1-13(2)27-23-28(14(3)4)22(29)20(31-23)11-16-9-18(24)21(19(25)10-16)30-12-15-5-7-17(26)8-6-15/h5-11,13-14H,12H2,1-4H3/b20-11+,27-23?. The number of rotatable bonds is 6. The van der Waals surface area contributed by atoms with Crippen molar-refractivity contribution in [3.05, 3.63) is 66.0 Å². The fourth-order valence-corrected chi connectivity index (χ4v) is 5.15. The van der Waals surface area contributed by atoms with Crippen molar-refractivity contribution in [2.75, 3.05) is 0 Å². The molecule has 4 nitrogen and oxygen atoms in total. The van der Waals surface area contributed by atoms with Gasteiger partial charge in [-0.3, -0.25) is 14.7 Å². The summed E-state index contributed by atoms with van der Waals surface area (Å²) in [7, 11) is 0. The van der Waals surface area contributed by atoms with Gasteiger partial charge in [-0.1, -0.05) is 35.3 Å². The fourth-order valence-electron chi connectivity index (χ4n) is 2.94. The summed E-state index contributed by atoms with van der Waals surface area (Å²) in [5.41, 5.74) is 1.76. The number of ether oxygens (including phenoxy) is 1. The summed E-state index contributed by atoms with van der Waals surface area (Å²) in [4.78, 5) is 19.8. The fraction of sp³-hybridized carbons (Fsp3) is 0.304. The Balaban J connectivity index is 1.83. The highest BCUT2D eigenvalue weighted by atomic mass is 127. The van der Waals surface area contributed by atoms with E-state index >= 15 is 0 Å². The Labute approximate surface area is 211 Å². The summed E-state index contributed by atoms with van der Waals surface area (Å²) >= 11 is 16.5. The normalized spacial score (nSPS) is 16.9. The van der Waals surface area contributed by atoms with Crippen LogP contribution in [0.15, 0.2) is 46.3 Å². The van der Waals surface area contributed by atoms with Gasteiger partial charge in [0.25, 0.3) is 5.91 Å². The molecule has 8 heteroatoms. The van der Waals surface area contributed by atoms with Gasteiger partial charge in [0.2, 0.25) is 0 Å². The molecule has 2 aromatic carbocycles. The highest BCUT2D eigenvalue weighted by Gasteiger charge is 2.35. The van der Waals surface area contributed by atoms with Crippen molar-refractivity contribution in [1.82, 2.24) is 4.90 Å². The zero-order valence-corrected chi connectivity index (χ0v) is 22.1. The highest BCUT2D eigenvalue weighted by molar-refractivity contribution is 14.1. The summed E-state index contributed by atoms with van der Waals surface area (Å²) in [5.74, 6) is 0.367. The van der Waals surface area contributed by atoms with Crippen LogP contribution in [-0.2, 0) is 11.4 Å². The van der Waals surface area contributed by atoms with E-state index in [1.165, 1.54) is 11.8 Å². The van der Waals surface area contributed by atoms with E-state index in [2.05, 4.69) is 27.6 Å². The number of nitrogens with zero attached hydrogens (tertiary/aromatic N) is 2. The van der Waals surface area contributed by atoms with Crippen LogP contribution in [0.25, 0.3) is 6.08 Å². The number of benzene rings is 2. The molecule has 0 atom stereocenters. The third kappa shape index (κ3) is 6.18. The average molecular weight is 589 g/mol. The highest BCUT2D eigenvalue weighted by Crippen LogP contribution is 2.38. The third-order valence-corrected chi connectivity index (χ3v) is 6.61. The van der Waals surface area contributed by atoms with E-state index < -0.39 is 0 Å². The van der Waals surface area contributed by atoms with Crippen LogP contribution in [0.3, 0.4) is 0 Å². The molecular formula is C23H23Cl2IN2O2S. The van der Waals surface area contributed by atoms with Gasteiger partial charge in [-0.05, 0) is 104 Å². The van der Waals surface area contributed by atoms with Crippen molar-refractivity contribution in [2.45, 2.75) is 46.4 Å². The number of carbonyl (C=O) groups is 1. The number of aliphatic imine (C=N–C) groups is 1. The third-order valence-electron chi connectivity index (χ3n) is 4.34. The molecule has 3 rings (SSSR count). The van der Waals surface area contributed by atoms with Crippen molar-refractivity contribution in [3.63, 3.8) is 0 Å². The number of hydrogen-bond acceptors (Lipinski definition) is 4. The molecule has 0 bridgehead atoms. The molecule has 1 aliphatic heterocycles. The molecule has 1 fully saturated rings. The molecule has 0 aliphatic carbocycles. The quantitative estimate of drug-likeness (QED) is 0.263. The van der Waals surface area contributed by atoms with Crippen molar-refractivity contribution >= 4 is 74.7 Å². The van der Waals surface area contributed by atoms with Crippen molar-refractivity contribution in [1.29, 1.82) is 0 Å². The summed E-state index contributed by atoms with van der Waals surface area (Å²) in [5, 5.41) is 1.52. The Morgan fingerprint density at radius 1 is 1.13 bits per heavy atom. The van der Waals surface area contributed by atoms with Crippen LogP contribution >= 0.6 is 57.6 Å². The van der Waals surface area contributed by atoms with Gasteiger partial charge in [0, 0.05) is 15.7 Å². The van der Waals surface area contributed by atoms with Gasteiger partial charge in [-0.25, -0.2) is 0 Å². The molecule has 0 radical (unpaired) electrons. The molecule has 0 aromatic heterocycles. The molecule has 0 spiro atoms. The second-order valence-corrected chi connectivity index (χ2v) is 10.7. The molecule has 1 heterocycles. The number of halogens is 3. The number of thioether (sulfide) groups is 1. The van der Waals surface area contributed by atoms with Crippen molar-refractivity contribution in [3.8, 4) is 5.75 Å². The first-order valence-corrected chi connectivity index (χ1v) is 12.5. The van der Waals surface area contributed by atoms with Crippen LogP contribution in [0.5, 0.6) is 5.75 Å². The van der Waals surface area contributed by atoms with E-state index in [1.807, 2.05) is 52.0 Å². The van der Waals surface area contributed by atoms with Crippen molar-refractivity contribution < 1.29 is 9.53 Å². The van der Waals surface area contributed by atoms with E-state index in [4.69, 9.17) is 27.9 Å². The van der Waals surface area contributed by atoms with Gasteiger partial charge in [0.05, 0.1) is 15.0 Å². The Morgan fingerprint density at radius 3 is 2.29 bits per heavy atom. The second kappa shape index (κ2) is 10.6. The molecule has 164 valence electrons. The van der Waals surface area contributed by atoms with E-state index in [0.29, 0.717) is 27.3 Å². The summed E-state index contributed by atoms with van der Waals surface area (Å²) < 4.78 is 7.02. The Morgan fingerprint density at radius 2 is 1.74 bits per heavy atom. The maximum Gasteiger partial charge on any atom is 0.266 e. The van der Waals surface area contributed by atoms with Crippen LogP contribution in [0.4, 0.5) is 0 Å². The molecule has 2 aromatic rings. The largest absolute Gasteiger partial charge is 0.486 e. The summed E-state index contributed by atoms with van der Waals surface area (Å²) in [6.07, 6.45) is 1.80. The van der Waals surface area contributed by atoms with Gasteiger partial charge in [0.1, 0.15) is 6.61 Å². The van der Waals surface area contributed by atoms with Gasteiger partial charge in [-0.15, -0.1) is 0 Å². The Bertz CT molecular complexity index is 1010. The lowest BCUT2D eigenvalue weighted by Gasteiger charge is -2.20. The van der Waals surface area contributed by atoms with E-state index in [9.17, 15) is 4.79 Å². The molecule has 1 saturated heterocycles. The van der Waals surface area contributed by atoms with E-state index in [-0.39, 0.29) is 18.0 Å². The zero-order valence-electron chi connectivity index (χ0n) is 17.7. The van der Waals surface area contributed by atoms with Crippen LogP contribution in [0, 0.1) is 3.57 Å². The van der Waals surface area contributed by atoms with Crippen LogP contribution in [0.1, 0.15) is 38.8 Å². The molecule has 1 amide bonds. The summed E-state index contributed by atoms with van der Waals surface area (Å²) in [6.45, 7) is 8.30. The van der Waals surface area contributed by atoms with Gasteiger partial charge >= 0.3 is 0 Å². The lowest BCUT2D eigenvalue weighted by molar-refractivity contribution is -0.123. The smallest absolute Gasteiger partial charge is 0.266 e. The molecule has 31 heavy (non-hydrogen) atoms. The number of hydrogen-bond donors (Lipinski definition) is 0. The molecule has 0 saturated carbocycles. The van der Waals surface area contributed by atoms with Crippen molar-refractivity contribution in [2.24, 2.45) is 4.99 Å². The molecular weight excluding hydrogens is 566 g/mol. The minimum absolute atomic E-state index is 0.0209. The predicted octanol–water partition coefficient (Wildman–Crippen LogP) is 7.27. The van der Waals surface area contributed by atoms with Crippen LogP contribution in [-0.4, -0.2) is 28.1 Å². The van der Waals surface area contributed by atoms with Gasteiger partial charge < -0.3 is 4.74 Å². The predicted molar refractivity (Wildman–Crippen MR) is 140 cm³/mol. The lowest BCUT2D eigenvalue weighted by Crippen LogP contribution is -2.35. The van der Waals surface area contributed by atoms with E-state index in [0.717, 1.165) is 19.9 Å². The molecule has 1 aliphatic rings. The lowest BCUT2D eigenvalue weighted by atomic mass is 10.2. The summed E-state index contributed by atoms with van der Waals surface area (Å²) in [6, 6.07) is 11.7.